The van der Waals surface area contributed by atoms with Crippen LogP contribution < -0.4 is 10.1 Å². The summed E-state index contributed by atoms with van der Waals surface area (Å²) in [6.45, 7) is 0. The van der Waals surface area contributed by atoms with Crippen LogP contribution in [0.15, 0.2) is 18.3 Å². The van der Waals surface area contributed by atoms with Gasteiger partial charge in [0, 0.05) is 12.3 Å². The van der Waals surface area contributed by atoms with Crippen LogP contribution in [0.3, 0.4) is 0 Å². The van der Waals surface area contributed by atoms with Gasteiger partial charge in [0.2, 0.25) is 0 Å². The molecule has 0 saturated heterocycles. The second kappa shape index (κ2) is 4.12. The number of nitrogens with zero attached hydrogens (tertiary/aromatic N) is 1. The van der Waals surface area contributed by atoms with E-state index in [-0.39, 0.29) is 0 Å². The molecule has 0 aliphatic heterocycles. The molecule has 0 spiro atoms. The van der Waals surface area contributed by atoms with Gasteiger partial charge in [-0.15, -0.1) is 6.42 Å². The molecule has 1 amide bonds. The van der Waals surface area contributed by atoms with Crippen LogP contribution in [0.2, 0.25) is 0 Å². The SMILES string of the molecule is C#CC(=O)Nc1cc(OC)ccn1. The highest BCUT2D eigenvalue weighted by molar-refractivity contribution is 6.02. The molecule has 13 heavy (non-hydrogen) atoms. The molecule has 0 radical (unpaired) electrons. The number of hydrogen-bond donors (Lipinski definition) is 1. The van der Waals surface area contributed by atoms with Crippen molar-refractivity contribution in [2.45, 2.75) is 0 Å². The predicted molar refractivity (Wildman–Crippen MR) is 48.3 cm³/mol. The molecule has 0 aliphatic carbocycles. The summed E-state index contributed by atoms with van der Waals surface area (Å²) in [5.74, 6) is 2.38. The van der Waals surface area contributed by atoms with Crippen LogP contribution in [0.25, 0.3) is 0 Å². The minimum absolute atomic E-state index is 0.377. The van der Waals surface area contributed by atoms with Gasteiger partial charge in [-0.3, -0.25) is 10.1 Å². The number of methoxy groups -OCH3 is 1. The lowest BCUT2D eigenvalue weighted by atomic mass is 10.4. The van der Waals surface area contributed by atoms with Crippen molar-refractivity contribution in [3.63, 3.8) is 0 Å². The number of rotatable bonds is 2. The quantitative estimate of drug-likeness (QED) is 0.673. The van der Waals surface area contributed by atoms with E-state index in [1.165, 1.54) is 13.3 Å². The maximum Gasteiger partial charge on any atom is 0.301 e. The van der Waals surface area contributed by atoms with Crippen molar-refractivity contribution in [1.82, 2.24) is 4.98 Å². The summed E-state index contributed by atoms with van der Waals surface area (Å²) in [4.78, 5) is 14.6. The lowest BCUT2D eigenvalue weighted by Crippen LogP contribution is -2.09. The predicted octanol–water partition coefficient (Wildman–Crippen LogP) is 0.662. The van der Waals surface area contributed by atoms with Crippen LogP contribution >= 0.6 is 0 Å². The molecule has 0 atom stereocenters. The van der Waals surface area contributed by atoms with Gasteiger partial charge in [0.25, 0.3) is 0 Å². The lowest BCUT2D eigenvalue weighted by molar-refractivity contribution is -0.111. The Labute approximate surface area is 75.9 Å². The third kappa shape index (κ3) is 2.49. The first kappa shape index (κ1) is 9.07. The molecule has 1 rings (SSSR count). The second-order valence-electron chi connectivity index (χ2n) is 2.18. The van der Waals surface area contributed by atoms with Gasteiger partial charge < -0.3 is 4.74 Å². The minimum atomic E-state index is -0.527. The fourth-order valence-corrected chi connectivity index (χ4v) is 0.759. The first-order valence-electron chi connectivity index (χ1n) is 3.54. The van der Waals surface area contributed by atoms with Crippen molar-refractivity contribution in [2.24, 2.45) is 0 Å². The molecule has 0 fully saturated rings. The van der Waals surface area contributed by atoms with Crippen molar-refractivity contribution < 1.29 is 9.53 Å². The smallest absolute Gasteiger partial charge is 0.301 e. The first-order valence-corrected chi connectivity index (χ1v) is 3.54. The highest BCUT2D eigenvalue weighted by Crippen LogP contribution is 2.12. The number of ether oxygens (including phenoxy) is 1. The maximum absolute atomic E-state index is 10.8. The molecule has 0 unspecified atom stereocenters. The van der Waals surface area contributed by atoms with E-state index in [9.17, 15) is 4.79 Å². The Kier molecular flexibility index (Phi) is 2.87. The number of pyridine rings is 1. The standard InChI is InChI=1S/C9H8N2O2/c1-3-9(12)11-8-6-7(13-2)4-5-10-8/h1,4-6H,2H3,(H,10,11,12). The number of carbonyl (C=O) groups is 1. The number of hydrogen-bond acceptors (Lipinski definition) is 3. The Bertz CT molecular complexity index is 355. The maximum atomic E-state index is 10.8. The molecular weight excluding hydrogens is 168 g/mol. The Balaban J connectivity index is 2.79. The molecular formula is C9H8N2O2. The van der Waals surface area contributed by atoms with Crippen LogP contribution in [-0.4, -0.2) is 18.0 Å². The van der Waals surface area contributed by atoms with Crippen LogP contribution in [0, 0.1) is 12.3 Å². The van der Waals surface area contributed by atoms with E-state index in [2.05, 4.69) is 10.3 Å². The molecule has 66 valence electrons. The number of carbonyl (C=O) groups excluding carboxylic acids is 1. The van der Waals surface area contributed by atoms with Gasteiger partial charge in [0.1, 0.15) is 11.6 Å². The zero-order chi connectivity index (χ0) is 9.68. The van der Waals surface area contributed by atoms with Crippen LogP contribution in [0.5, 0.6) is 5.75 Å². The normalized spacial score (nSPS) is 8.62. The van der Waals surface area contributed by atoms with Crippen molar-refractivity contribution in [2.75, 3.05) is 12.4 Å². The van der Waals surface area contributed by atoms with E-state index in [1.54, 1.807) is 12.1 Å². The first-order chi connectivity index (χ1) is 6.26. The average Bonchev–Trinajstić information content (AvgIpc) is 2.18. The summed E-state index contributed by atoms with van der Waals surface area (Å²) in [7, 11) is 1.53. The number of amides is 1. The van der Waals surface area contributed by atoms with E-state index in [0.717, 1.165) is 0 Å². The van der Waals surface area contributed by atoms with Crippen molar-refractivity contribution in [3.8, 4) is 18.1 Å². The monoisotopic (exact) mass is 176 g/mol. The molecule has 0 bridgehead atoms. The molecule has 0 aliphatic rings. The fraction of sp³-hybridized carbons (Fsp3) is 0.111. The zero-order valence-electron chi connectivity index (χ0n) is 7.07. The van der Waals surface area contributed by atoms with Crippen molar-refractivity contribution in [3.05, 3.63) is 18.3 Å². The molecule has 0 saturated carbocycles. The van der Waals surface area contributed by atoms with E-state index in [0.29, 0.717) is 11.6 Å². The fourth-order valence-electron chi connectivity index (χ4n) is 0.759. The number of anilines is 1. The van der Waals surface area contributed by atoms with Gasteiger partial charge in [-0.05, 0) is 12.0 Å². The van der Waals surface area contributed by atoms with E-state index in [4.69, 9.17) is 11.2 Å². The van der Waals surface area contributed by atoms with Gasteiger partial charge >= 0.3 is 5.91 Å². The summed E-state index contributed by atoms with van der Waals surface area (Å²) in [6, 6.07) is 3.25. The van der Waals surface area contributed by atoms with Crippen LogP contribution in [0.4, 0.5) is 5.82 Å². The van der Waals surface area contributed by atoms with E-state index >= 15 is 0 Å². The summed E-state index contributed by atoms with van der Waals surface area (Å²) in [6.07, 6.45) is 6.39. The van der Waals surface area contributed by atoms with E-state index < -0.39 is 5.91 Å². The van der Waals surface area contributed by atoms with Gasteiger partial charge in [0.05, 0.1) is 7.11 Å². The van der Waals surface area contributed by atoms with Gasteiger partial charge in [-0.1, -0.05) is 0 Å². The summed E-state index contributed by atoms with van der Waals surface area (Å²) in [5.41, 5.74) is 0. The van der Waals surface area contributed by atoms with Crippen molar-refractivity contribution >= 4 is 11.7 Å². The Morgan fingerprint density at radius 1 is 1.77 bits per heavy atom. The molecule has 1 aromatic rings. The molecule has 1 aromatic heterocycles. The third-order valence-electron chi connectivity index (χ3n) is 1.34. The number of terminal acetylenes is 1. The Morgan fingerprint density at radius 3 is 3.15 bits per heavy atom. The average molecular weight is 176 g/mol. The highest BCUT2D eigenvalue weighted by Gasteiger charge is 1.99. The molecule has 4 nitrogen and oxygen atoms in total. The largest absolute Gasteiger partial charge is 0.497 e. The van der Waals surface area contributed by atoms with Crippen LogP contribution in [-0.2, 0) is 4.79 Å². The summed E-state index contributed by atoms with van der Waals surface area (Å²) in [5, 5.41) is 2.40. The van der Waals surface area contributed by atoms with Gasteiger partial charge in [-0.2, -0.15) is 0 Å². The van der Waals surface area contributed by atoms with E-state index in [1.807, 2.05) is 5.92 Å². The topological polar surface area (TPSA) is 51.2 Å². The number of nitrogens with one attached hydrogen (secondary N) is 1. The number of aromatic nitrogens is 1. The Morgan fingerprint density at radius 2 is 2.54 bits per heavy atom. The summed E-state index contributed by atoms with van der Waals surface area (Å²) >= 11 is 0. The third-order valence-corrected chi connectivity index (χ3v) is 1.34. The molecule has 4 heteroatoms. The van der Waals surface area contributed by atoms with Crippen molar-refractivity contribution in [1.29, 1.82) is 0 Å². The van der Waals surface area contributed by atoms with Gasteiger partial charge in [-0.25, -0.2) is 4.98 Å². The second-order valence-corrected chi connectivity index (χ2v) is 2.18. The molecule has 1 N–H and O–H groups in total. The molecule has 1 heterocycles. The lowest BCUT2D eigenvalue weighted by Gasteiger charge is -2.02. The molecule has 0 aromatic carbocycles. The summed E-state index contributed by atoms with van der Waals surface area (Å²) < 4.78 is 4.93. The van der Waals surface area contributed by atoms with Crippen LogP contribution in [0.1, 0.15) is 0 Å². The zero-order valence-corrected chi connectivity index (χ0v) is 7.07. The van der Waals surface area contributed by atoms with Gasteiger partial charge in [0.15, 0.2) is 0 Å². The minimum Gasteiger partial charge on any atom is -0.497 e. The highest BCUT2D eigenvalue weighted by atomic mass is 16.5. The Hall–Kier alpha value is -2.02.